The van der Waals surface area contributed by atoms with Gasteiger partial charge in [-0.3, -0.25) is 4.79 Å². The predicted octanol–water partition coefficient (Wildman–Crippen LogP) is 4.08. The van der Waals surface area contributed by atoms with Crippen molar-refractivity contribution in [2.24, 2.45) is 0 Å². The summed E-state index contributed by atoms with van der Waals surface area (Å²) in [5.74, 6) is 0.527. The molecule has 0 saturated carbocycles. The molecule has 20 heavy (non-hydrogen) atoms. The van der Waals surface area contributed by atoms with Crippen molar-refractivity contribution >= 4 is 27.5 Å². The van der Waals surface area contributed by atoms with Crippen molar-refractivity contribution in [3.05, 3.63) is 58.1 Å². The predicted molar refractivity (Wildman–Crippen MR) is 84.2 cm³/mol. The van der Waals surface area contributed by atoms with E-state index in [4.69, 9.17) is 4.74 Å². The fourth-order valence-corrected chi connectivity index (χ4v) is 2.12. The Balaban J connectivity index is 1.90. The van der Waals surface area contributed by atoms with Gasteiger partial charge < -0.3 is 10.1 Å². The summed E-state index contributed by atoms with van der Waals surface area (Å²) in [5, 5.41) is 2.79. The van der Waals surface area contributed by atoms with Gasteiger partial charge in [-0.1, -0.05) is 28.1 Å². The number of ether oxygens (including phenoxy) is 1. The van der Waals surface area contributed by atoms with Gasteiger partial charge in [-0.25, -0.2) is 0 Å². The Labute approximate surface area is 127 Å². The van der Waals surface area contributed by atoms with E-state index in [1.807, 2.05) is 56.3 Å². The zero-order chi connectivity index (χ0) is 14.5. The van der Waals surface area contributed by atoms with Gasteiger partial charge in [0.05, 0.1) is 0 Å². The van der Waals surface area contributed by atoms with Crippen LogP contribution in [0.4, 0.5) is 5.69 Å². The SMILES string of the molecule is Cc1ccc(OCC(=O)Nc2cccc(Br)c2)cc1C. The van der Waals surface area contributed by atoms with Crippen molar-refractivity contribution in [1.82, 2.24) is 0 Å². The first-order valence-electron chi connectivity index (χ1n) is 6.30. The molecule has 0 saturated heterocycles. The third-order valence-corrected chi connectivity index (χ3v) is 3.45. The number of nitrogens with one attached hydrogen (secondary N) is 1. The largest absolute Gasteiger partial charge is 0.484 e. The summed E-state index contributed by atoms with van der Waals surface area (Å²) >= 11 is 3.36. The highest BCUT2D eigenvalue weighted by molar-refractivity contribution is 9.10. The smallest absolute Gasteiger partial charge is 0.262 e. The second-order valence-corrected chi connectivity index (χ2v) is 5.51. The van der Waals surface area contributed by atoms with E-state index in [1.165, 1.54) is 5.56 Å². The van der Waals surface area contributed by atoms with E-state index in [1.54, 1.807) is 0 Å². The normalized spacial score (nSPS) is 10.2. The Morgan fingerprint density at radius 2 is 1.95 bits per heavy atom. The quantitative estimate of drug-likeness (QED) is 0.915. The van der Waals surface area contributed by atoms with E-state index >= 15 is 0 Å². The molecule has 0 fully saturated rings. The molecule has 0 aliphatic heterocycles. The Bertz CT molecular complexity index is 626. The number of carbonyl (C=O) groups is 1. The Kier molecular flexibility index (Phi) is 4.79. The molecule has 0 heterocycles. The van der Waals surface area contributed by atoms with Gasteiger partial charge in [0.15, 0.2) is 6.61 Å². The third kappa shape index (κ3) is 4.10. The lowest BCUT2D eigenvalue weighted by atomic mass is 10.1. The minimum Gasteiger partial charge on any atom is -0.484 e. The summed E-state index contributed by atoms with van der Waals surface area (Å²) < 4.78 is 6.40. The number of hydrogen-bond acceptors (Lipinski definition) is 2. The Hall–Kier alpha value is -1.81. The number of halogens is 1. The first-order chi connectivity index (χ1) is 9.54. The molecule has 2 aromatic carbocycles. The number of benzene rings is 2. The highest BCUT2D eigenvalue weighted by atomic mass is 79.9. The first-order valence-corrected chi connectivity index (χ1v) is 7.09. The fourth-order valence-electron chi connectivity index (χ4n) is 1.72. The van der Waals surface area contributed by atoms with Gasteiger partial charge in [-0.2, -0.15) is 0 Å². The van der Waals surface area contributed by atoms with Crippen molar-refractivity contribution in [3.8, 4) is 5.75 Å². The molecular formula is C16H16BrNO2. The van der Waals surface area contributed by atoms with E-state index in [-0.39, 0.29) is 12.5 Å². The van der Waals surface area contributed by atoms with Gasteiger partial charge in [0.1, 0.15) is 5.75 Å². The van der Waals surface area contributed by atoms with Crippen LogP contribution in [0.25, 0.3) is 0 Å². The zero-order valence-corrected chi connectivity index (χ0v) is 13.0. The lowest BCUT2D eigenvalue weighted by Crippen LogP contribution is -2.20. The molecule has 0 bridgehead atoms. The second kappa shape index (κ2) is 6.57. The molecule has 4 heteroatoms. The lowest BCUT2D eigenvalue weighted by molar-refractivity contribution is -0.118. The highest BCUT2D eigenvalue weighted by Crippen LogP contribution is 2.17. The Morgan fingerprint density at radius 3 is 2.65 bits per heavy atom. The molecule has 2 aromatic rings. The van der Waals surface area contributed by atoms with Crippen molar-refractivity contribution in [3.63, 3.8) is 0 Å². The standard InChI is InChI=1S/C16H16BrNO2/c1-11-6-7-15(8-12(11)2)20-10-16(19)18-14-5-3-4-13(17)9-14/h3-9H,10H2,1-2H3,(H,18,19). The molecule has 0 atom stereocenters. The number of aryl methyl sites for hydroxylation is 2. The van der Waals surface area contributed by atoms with Crippen LogP contribution >= 0.6 is 15.9 Å². The van der Waals surface area contributed by atoms with Crippen LogP contribution in [0.15, 0.2) is 46.9 Å². The molecule has 104 valence electrons. The zero-order valence-electron chi connectivity index (χ0n) is 11.4. The van der Waals surface area contributed by atoms with Gasteiger partial charge in [0, 0.05) is 10.2 Å². The molecule has 0 radical (unpaired) electrons. The van der Waals surface area contributed by atoms with Crippen LogP contribution in [-0.4, -0.2) is 12.5 Å². The van der Waals surface area contributed by atoms with Crippen LogP contribution in [0.3, 0.4) is 0 Å². The number of anilines is 1. The molecule has 3 nitrogen and oxygen atoms in total. The summed E-state index contributed by atoms with van der Waals surface area (Å²) in [4.78, 5) is 11.8. The van der Waals surface area contributed by atoms with Gasteiger partial charge in [0.25, 0.3) is 5.91 Å². The maximum absolute atomic E-state index is 11.8. The van der Waals surface area contributed by atoms with Crippen LogP contribution in [0, 0.1) is 13.8 Å². The number of amides is 1. The summed E-state index contributed by atoms with van der Waals surface area (Å²) in [7, 11) is 0. The van der Waals surface area contributed by atoms with Crippen LogP contribution in [0.5, 0.6) is 5.75 Å². The minimum absolute atomic E-state index is 0.00495. The number of hydrogen-bond donors (Lipinski definition) is 1. The number of carbonyl (C=O) groups excluding carboxylic acids is 1. The topological polar surface area (TPSA) is 38.3 Å². The molecule has 1 amide bonds. The fraction of sp³-hybridized carbons (Fsp3) is 0.188. The number of rotatable bonds is 4. The monoisotopic (exact) mass is 333 g/mol. The van der Waals surface area contributed by atoms with Crippen LogP contribution in [0.1, 0.15) is 11.1 Å². The van der Waals surface area contributed by atoms with Gasteiger partial charge >= 0.3 is 0 Å². The van der Waals surface area contributed by atoms with Crippen molar-refractivity contribution in [2.45, 2.75) is 13.8 Å². The Morgan fingerprint density at radius 1 is 1.15 bits per heavy atom. The summed E-state index contributed by atoms with van der Waals surface area (Å²) in [6.07, 6.45) is 0. The van der Waals surface area contributed by atoms with Crippen molar-refractivity contribution in [2.75, 3.05) is 11.9 Å². The molecular weight excluding hydrogens is 318 g/mol. The summed E-state index contributed by atoms with van der Waals surface area (Å²) in [5.41, 5.74) is 3.10. The second-order valence-electron chi connectivity index (χ2n) is 4.59. The van der Waals surface area contributed by atoms with Crippen LogP contribution in [0.2, 0.25) is 0 Å². The van der Waals surface area contributed by atoms with E-state index in [0.29, 0.717) is 5.75 Å². The third-order valence-electron chi connectivity index (χ3n) is 2.96. The van der Waals surface area contributed by atoms with Gasteiger partial charge in [-0.05, 0) is 55.3 Å². The van der Waals surface area contributed by atoms with Gasteiger partial charge in [-0.15, -0.1) is 0 Å². The summed E-state index contributed by atoms with van der Waals surface area (Å²) in [6, 6.07) is 13.2. The molecule has 2 rings (SSSR count). The average molecular weight is 334 g/mol. The van der Waals surface area contributed by atoms with Gasteiger partial charge in [0.2, 0.25) is 0 Å². The molecule has 1 N–H and O–H groups in total. The maximum atomic E-state index is 11.8. The maximum Gasteiger partial charge on any atom is 0.262 e. The molecule has 0 spiro atoms. The van der Waals surface area contributed by atoms with E-state index in [0.717, 1.165) is 15.7 Å². The van der Waals surface area contributed by atoms with Crippen molar-refractivity contribution in [1.29, 1.82) is 0 Å². The average Bonchev–Trinajstić information content (AvgIpc) is 2.40. The van der Waals surface area contributed by atoms with E-state index < -0.39 is 0 Å². The van der Waals surface area contributed by atoms with E-state index in [9.17, 15) is 4.79 Å². The summed E-state index contributed by atoms with van der Waals surface area (Å²) in [6.45, 7) is 4.05. The molecule has 0 aliphatic rings. The lowest BCUT2D eigenvalue weighted by Gasteiger charge is -2.09. The minimum atomic E-state index is -0.179. The van der Waals surface area contributed by atoms with E-state index in [2.05, 4.69) is 21.2 Å². The molecule has 0 unspecified atom stereocenters. The molecule has 0 aliphatic carbocycles. The van der Waals surface area contributed by atoms with Crippen LogP contribution < -0.4 is 10.1 Å². The highest BCUT2D eigenvalue weighted by Gasteiger charge is 2.04. The van der Waals surface area contributed by atoms with Crippen molar-refractivity contribution < 1.29 is 9.53 Å². The van der Waals surface area contributed by atoms with Crippen LogP contribution in [-0.2, 0) is 4.79 Å². The molecule has 0 aromatic heterocycles. The first kappa shape index (κ1) is 14.6.